The topological polar surface area (TPSA) is 62.1 Å². The van der Waals surface area contributed by atoms with E-state index in [0.29, 0.717) is 11.9 Å². The molecule has 1 fully saturated rings. The van der Waals surface area contributed by atoms with Crippen LogP contribution >= 0.6 is 11.6 Å². The molecule has 2 aromatic rings. The molecule has 0 aliphatic carbocycles. The number of aromatic nitrogens is 2. The van der Waals surface area contributed by atoms with Crippen molar-refractivity contribution < 1.29 is 4.42 Å². The summed E-state index contributed by atoms with van der Waals surface area (Å²) in [7, 11) is 0. The first-order chi connectivity index (χ1) is 8.74. The van der Waals surface area contributed by atoms with E-state index >= 15 is 0 Å². The van der Waals surface area contributed by atoms with Gasteiger partial charge in [0.25, 0.3) is 5.56 Å². The average Bonchev–Trinajstić information content (AvgIpc) is 3.01. The highest BCUT2D eigenvalue weighted by Crippen LogP contribution is 2.28. The number of halogens is 1. The second-order valence-electron chi connectivity index (χ2n) is 4.33. The normalized spacial score (nSPS) is 19.4. The van der Waals surface area contributed by atoms with Crippen LogP contribution in [0.5, 0.6) is 0 Å². The minimum Gasteiger partial charge on any atom is -0.469 e. The van der Waals surface area contributed by atoms with Crippen molar-refractivity contribution in [2.24, 2.45) is 0 Å². The highest BCUT2D eigenvalue weighted by atomic mass is 35.5. The molecule has 3 rings (SSSR count). The fourth-order valence-corrected chi connectivity index (χ4v) is 2.34. The molecule has 0 radical (unpaired) electrons. The summed E-state index contributed by atoms with van der Waals surface area (Å²) >= 11 is 5.66. The van der Waals surface area contributed by atoms with Crippen molar-refractivity contribution in [1.82, 2.24) is 9.97 Å². The third-order valence-electron chi connectivity index (χ3n) is 3.18. The van der Waals surface area contributed by atoms with E-state index in [4.69, 9.17) is 16.0 Å². The fourth-order valence-electron chi connectivity index (χ4n) is 2.24. The first kappa shape index (κ1) is 11.3. The van der Waals surface area contributed by atoms with Crippen molar-refractivity contribution in [3.63, 3.8) is 0 Å². The average molecular weight is 266 g/mol. The first-order valence-electron chi connectivity index (χ1n) is 5.77. The Bertz CT molecular complexity index is 594. The van der Waals surface area contributed by atoms with Crippen molar-refractivity contribution in [2.45, 2.75) is 12.3 Å². The number of aromatic amines is 1. The Hall–Kier alpha value is -1.75. The van der Waals surface area contributed by atoms with Crippen LogP contribution in [0.2, 0.25) is 5.02 Å². The van der Waals surface area contributed by atoms with Gasteiger partial charge in [0.2, 0.25) is 5.95 Å². The summed E-state index contributed by atoms with van der Waals surface area (Å²) in [5.41, 5.74) is -0.303. The Morgan fingerprint density at radius 2 is 2.44 bits per heavy atom. The van der Waals surface area contributed by atoms with Crippen LogP contribution in [0.1, 0.15) is 18.1 Å². The Balaban J connectivity index is 1.79. The van der Waals surface area contributed by atoms with Crippen molar-refractivity contribution in [3.8, 4) is 0 Å². The standard InChI is InChI=1S/C12H12ClN3O2/c13-9-6-14-12(15-11(9)17)16-4-3-8(7-16)10-2-1-5-18-10/h1-2,5-6,8H,3-4,7H2,(H,14,15,17). The molecule has 0 saturated carbocycles. The molecule has 2 aromatic heterocycles. The quantitative estimate of drug-likeness (QED) is 0.902. The molecular weight excluding hydrogens is 254 g/mol. The lowest BCUT2D eigenvalue weighted by Gasteiger charge is -2.15. The van der Waals surface area contributed by atoms with Crippen molar-refractivity contribution in [3.05, 3.63) is 45.7 Å². The SMILES string of the molecule is O=c1[nH]c(N2CCC(c3ccco3)C2)ncc1Cl. The molecule has 6 heteroatoms. The smallest absolute Gasteiger partial charge is 0.271 e. The van der Waals surface area contributed by atoms with Crippen molar-refractivity contribution >= 4 is 17.5 Å². The van der Waals surface area contributed by atoms with E-state index in [-0.39, 0.29) is 10.6 Å². The van der Waals surface area contributed by atoms with Gasteiger partial charge in [-0.15, -0.1) is 0 Å². The molecule has 1 N–H and O–H groups in total. The monoisotopic (exact) mass is 265 g/mol. The molecule has 0 spiro atoms. The third-order valence-corrected chi connectivity index (χ3v) is 3.45. The molecule has 1 unspecified atom stereocenters. The van der Waals surface area contributed by atoms with Crippen LogP contribution in [0.4, 0.5) is 5.95 Å². The van der Waals surface area contributed by atoms with Gasteiger partial charge in [-0.1, -0.05) is 11.6 Å². The van der Waals surface area contributed by atoms with Crippen LogP contribution in [0.15, 0.2) is 33.8 Å². The highest BCUT2D eigenvalue weighted by Gasteiger charge is 2.27. The third kappa shape index (κ3) is 2.01. The maximum atomic E-state index is 11.4. The van der Waals surface area contributed by atoms with Gasteiger partial charge in [0.1, 0.15) is 10.8 Å². The number of nitrogens with zero attached hydrogens (tertiary/aromatic N) is 2. The largest absolute Gasteiger partial charge is 0.469 e. The van der Waals surface area contributed by atoms with Gasteiger partial charge in [-0.2, -0.15) is 0 Å². The second-order valence-corrected chi connectivity index (χ2v) is 4.74. The van der Waals surface area contributed by atoms with Gasteiger partial charge < -0.3 is 9.32 Å². The van der Waals surface area contributed by atoms with Crippen LogP contribution in [-0.4, -0.2) is 23.1 Å². The Morgan fingerprint density at radius 3 is 3.17 bits per heavy atom. The molecule has 18 heavy (non-hydrogen) atoms. The molecule has 1 aliphatic heterocycles. The molecule has 5 nitrogen and oxygen atoms in total. The zero-order valence-electron chi connectivity index (χ0n) is 9.60. The summed E-state index contributed by atoms with van der Waals surface area (Å²) in [6, 6.07) is 3.87. The lowest BCUT2D eigenvalue weighted by atomic mass is 10.1. The first-order valence-corrected chi connectivity index (χ1v) is 6.15. The van der Waals surface area contributed by atoms with Crippen LogP contribution in [0, 0.1) is 0 Å². The summed E-state index contributed by atoms with van der Waals surface area (Å²) in [6.07, 6.45) is 4.05. The van der Waals surface area contributed by atoms with Crippen molar-refractivity contribution in [2.75, 3.05) is 18.0 Å². The van der Waals surface area contributed by atoms with Gasteiger partial charge in [0, 0.05) is 19.0 Å². The summed E-state index contributed by atoms with van der Waals surface area (Å²) in [5, 5.41) is 0.112. The molecule has 1 aliphatic rings. The number of hydrogen-bond acceptors (Lipinski definition) is 4. The summed E-state index contributed by atoms with van der Waals surface area (Å²) in [4.78, 5) is 20.3. The predicted molar refractivity (Wildman–Crippen MR) is 68.1 cm³/mol. The fraction of sp³-hybridized carbons (Fsp3) is 0.333. The van der Waals surface area contributed by atoms with E-state index in [9.17, 15) is 4.79 Å². The molecule has 0 aromatic carbocycles. The molecule has 0 amide bonds. The van der Waals surface area contributed by atoms with E-state index in [2.05, 4.69) is 9.97 Å². The van der Waals surface area contributed by atoms with Gasteiger partial charge in [-0.25, -0.2) is 4.98 Å². The molecular formula is C12H12ClN3O2. The summed E-state index contributed by atoms with van der Waals surface area (Å²) < 4.78 is 5.40. The minimum absolute atomic E-state index is 0.112. The predicted octanol–water partition coefficient (Wildman–Crippen LogP) is 2.01. The van der Waals surface area contributed by atoms with Crippen LogP contribution in [0.3, 0.4) is 0 Å². The van der Waals surface area contributed by atoms with Crippen molar-refractivity contribution in [1.29, 1.82) is 0 Å². The van der Waals surface area contributed by atoms with Gasteiger partial charge >= 0.3 is 0 Å². The molecule has 0 bridgehead atoms. The number of hydrogen-bond donors (Lipinski definition) is 1. The number of rotatable bonds is 2. The van der Waals surface area contributed by atoms with E-state index in [1.54, 1.807) is 6.26 Å². The van der Waals surface area contributed by atoms with E-state index < -0.39 is 0 Å². The van der Waals surface area contributed by atoms with E-state index in [0.717, 1.165) is 25.3 Å². The Morgan fingerprint density at radius 1 is 1.56 bits per heavy atom. The lowest BCUT2D eigenvalue weighted by Crippen LogP contribution is -2.24. The maximum absolute atomic E-state index is 11.4. The van der Waals surface area contributed by atoms with Crippen LogP contribution in [0.25, 0.3) is 0 Å². The zero-order chi connectivity index (χ0) is 12.5. The zero-order valence-corrected chi connectivity index (χ0v) is 10.4. The Kier molecular flexibility index (Phi) is 2.83. The molecule has 3 heterocycles. The molecule has 1 saturated heterocycles. The maximum Gasteiger partial charge on any atom is 0.271 e. The van der Waals surface area contributed by atoms with E-state index in [1.165, 1.54) is 6.20 Å². The van der Waals surface area contributed by atoms with Gasteiger partial charge in [0.05, 0.1) is 12.5 Å². The number of furan rings is 1. The highest BCUT2D eigenvalue weighted by molar-refractivity contribution is 6.30. The van der Waals surface area contributed by atoms with Crippen LogP contribution < -0.4 is 10.5 Å². The number of H-pyrrole nitrogens is 1. The summed E-state index contributed by atoms with van der Waals surface area (Å²) in [6.45, 7) is 1.63. The van der Waals surface area contributed by atoms with Crippen LogP contribution in [-0.2, 0) is 0 Å². The number of anilines is 1. The number of nitrogens with one attached hydrogen (secondary N) is 1. The minimum atomic E-state index is -0.303. The van der Waals surface area contributed by atoms with Gasteiger partial charge in [-0.3, -0.25) is 9.78 Å². The summed E-state index contributed by atoms with van der Waals surface area (Å²) in [5.74, 6) is 1.90. The lowest BCUT2D eigenvalue weighted by molar-refractivity contribution is 0.475. The Labute approximate surface area is 108 Å². The van der Waals surface area contributed by atoms with E-state index in [1.807, 2.05) is 17.0 Å². The molecule has 94 valence electrons. The van der Waals surface area contributed by atoms with Gasteiger partial charge in [-0.05, 0) is 18.6 Å². The second kappa shape index (κ2) is 4.49. The van der Waals surface area contributed by atoms with Gasteiger partial charge in [0.15, 0.2) is 0 Å². The molecule has 1 atom stereocenters.